The molecule has 0 N–H and O–H groups in total. The minimum absolute atomic E-state index is 0.0298. The summed E-state index contributed by atoms with van der Waals surface area (Å²) in [4.78, 5) is 22.1. The second kappa shape index (κ2) is 9.74. The van der Waals surface area contributed by atoms with Crippen LogP contribution >= 0.6 is 0 Å². The predicted octanol–water partition coefficient (Wildman–Crippen LogP) is 6.77. The molecule has 0 aliphatic carbocycles. The van der Waals surface area contributed by atoms with E-state index in [4.69, 9.17) is 9.47 Å². The van der Waals surface area contributed by atoms with E-state index >= 15 is 0 Å². The highest BCUT2D eigenvalue weighted by Crippen LogP contribution is 2.43. The molecule has 0 aliphatic rings. The molecule has 5 nitrogen and oxygen atoms in total. The van der Waals surface area contributed by atoms with Crippen LogP contribution in [0.4, 0.5) is 13.2 Å². The van der Waals surface area contributed by atoms with Gasteiger partial charge in [-0.15, -0.1) is 0 Å². The second-order valence-electron chi connectivity index (χ2n) is 8.23. The zero-order chi connectivity index (χ0) is 25.2. The van der Waals surface area contributed by atoms with E-state index in [9.17, 15) is 18.0 Å². The molecule has 2 heterocycles. The van der Waals surface area contributed by atoms with Gasteiger partial charge in [-0.3, -0.25) is 4.98 Å². The number of hydrogen-bond donors (Lipinski definition) is 0. The topological polar surface area (TPSA) is 61.3 Å². The number of pyridine rings is 2. The Morgan fingerprint density at radius 3 is 2.37 bits per heavy atom. The van der Waals surface area contributed by atoms with E-state index < -0.39 is 17.7 Å². The number of aromatic nitrogens is 2. The van der Waals surface area contributed by atoms with Crippen molar-refractivity contribution in [3.05, 3.63) is 89.2 Å². The van der Waals surface area contributed by atoms with Crippen LogP contribution in [0.5, 0.6) is 5.88 Å². The maximum absolute atomic E-state index is 14.1. The Hall–Kier alpha value is -3.94. The van der Waals surface area contributed by atoms with Crippen molar-refractivity contribution in [1.29, 1.82) is 0 Å². The van der Waals surface area contributed by atoms with Gasteiger partial charge >= 0.3 is 12.1 Å². The van der Waals surface area contributed by atoms with Crippen LogP contribution in [-0.4, -0.2) is 22.0 Å². The summed E-state index contributed by atoms with van der Waals surface area (Å²) >= 11 is 0. The molecule has 0 aliphatic heterocycles. The molecule has 2 aromatic heterocycles. The van der Waals surface area contributed by atoms with Gasteiger partial charge in [0.15, 0.2) is 0 Å². The first-order chi connectivity index (χ1) is 16.7. The van der Waals surface area contributed by atoms with Gasteiger partial charge in [0.05, 0.1) is 33.8 Å². The Kier molecular flexibility index (Phi) is 6.73. The molecule has 4 aromatic rings. The number of aryl methyl sites for hydroxylation is 1. The summed E-state index contributed by atoms with van der Waals surface area (Å²) in [6.07, 6.45) is -3.50. The van der Waals surface area contributed by atoms with E-state index in [1.165, 1.54) is 24.4 Å². The molecular formula is C27H23F3N2O3. The summed E-state index contributed by atoms with van der Waals surface area (Å²) in [5.41, 5.74) is 0.250. The summed E-state index contributed by atoms with van der Waals surface area (Å²) in [7, 11) is 0. The average molecular weight is 480 g/mol. The maximum Gasteiger partial charge on any atom is 0.417 e. The molecule has 35 heavy (non-hydrogen) atoms. The smallest absolute Gasteiger partial charge is 0.417 e. The number of rotatable bonds is 6. The fraction of sp³-hybridized carbons (Fsp3) is 0.222. The van der Waals surface area contributed by atoms with Crippen LogP contribution in [0.3, 0.4) is 0 Å². The van der Waals surface area contributed by atoms with E-state index in [1.807, 2.05) is 6.07 Å². The first kappa shape index (κ1) is 24.2. The predicted molar refractivity (Wildman–Crippen MR) is 126 cm³/mol. The minimum Gasteiger partial charge on any atom is -0.474 e. The van der Waals surface area contributed by atoms with E-state index in [0.29, 0.717) is 5.52 Å². The van der Waals surface area contributed by atoms with Gasteiger partial charge in [-0.25, -0.2) is 9.78 Å². The van der Waals surface area contributed by atoms with Gasteiger partial charge in [-0.1, -0.05) is 48.5 Å². The Morgan fingerprint density at radius 1 is 1.00 bits per heavy atom. The standard InChI is InChI=1S/C27H23F3N2O3/c1-16(2)35-25-24-21(13-14-31-25)32-17(3)22(26(33)34-15-18-9-5-4-6-10-18)23(24)19-11-7-8-12-20(19)27(28,29)30/h4-14,16H,15H2,1-3H3. The third-order valence-corrected chi connectivity index (χ3v) is 5.31. The molecule has 0 unspecified atom stereocenters. The number of carbonyl (C=O) groups excluding carboxylic acids is 1. The van der Waals surface area contributed by atoms with Gasteiger partial charge in [0, 0.05) is 11.8 Å². The Bertz CT molecular complexity index is 1370. The Labute approximate surface area is 200 Å². The lowest BCUT2D eigenvalue weighted by atomic mass is 9.91. The van der Waals surface area contributed by atoms with Crippen LogP contribution in [0, 0.1) is 6.92 Å². The highest BCUT2D eigenvalue weighted by atomic mass is 19.4. The molecule has 0 saturated heterocycles. The highest BCUT2D eigenvalue weighted by molar-refractivity contribution is 6.10. The SMILES string of the molecule is Cc1nc2ccnc(OC(C)C)c2c(-c2ccccc2C(F)(F)F)c1C(=O)OCc1ccccc1. The summed E-state index contributed by atoms with van der Waals surface area (Å²) < 4.78 is 53.6. The Balaban J connectivity index is 2.00. The number of esters is 1. The first-order valence-corrected chi connectivity index (χ1v) is 11.0. The van der Waals surface area contributed by atoms with Crippen molar-refractivity contribution in [2.75, 3.05) is 0 Å². The average Bonchev–Trinajstić information content (AvgIpc) is 2.81. The van der Waals surface area contributed by atoms with Crippen molar-refractivity contribution in [2.45, 2.75) is 39.7 Å². The summed E-state index contributed by atoms with van der Waals surface area (Å²) in [6, 6.07) is 15.7. The lowest BCUT2D eigenvalue weighted by molar-refractivity contribution is -0.137. The number of fused-ring (bicyclic) bond motifs is 1. The van der Waals surface area contributed by atoms with Crippen molar-refractivity contribution >= 4 is 16.9 Å². The monoisotopic (exact) mass is 480 g/mol. The molecule has 0 spiro atoms. The zero-order valence-corrected chi connectivity index (χ0v) is 19.4. The first-order valence-electron chi connectivity index (χ1n) is 11.0. The van der Waals surface area contributed by atoms with E-state index in [2.05, 4.69) is 9.97 Å². The minimum atomic E-state index is -4.66. The molecule has 0 bridgehead atoms. The summed E-state index contributed by atoms with van der Waals surface area (Å²) in [5.74, 6) is -0.693. The van der Waals surface area contributed by atoms with Gasteiger partial charge in [-0.05, 0) is 44.0 Å². The largest absolute Gasteiger partial charge is 0.474 e. The highest BCUT2D eigenvalue weighted by Gasteiger charge is 2.36. The third-order valence-electron chi connectivity index (χ3n) is 5.31. The van der Waals surface area contributed by atoms with E-state index in [1.54, 1.807) is 51.1 Å². The van der Waals surface area contributed by atoms with Gasteiger partial charge < -0.3 is 9.47 Å². The van der Waals surface area contributed by atoms with Crippen molar-refractivity contribution in [3.63, 3.8) is 0 Å². The van der Waals surface area contributed by atoms with Gasteiger partial charge in [0.2, 0.25) is 5.88 Å². The number of halogens is 3. The molecule has 0 amide bonds. The number of hydrogen-bond acceptors (Lipinski definition) is 5. The van der Waals surface area contributed by atoms with E-state index in [-0.39, 0.29) is 46.4 Å². The van der Waals surface area contributed by atoms with Gasteiger partial charge in [-0.2, -0.15) is 13.2 Å². The summed E-state index contributed by atoms with van der Waals surface area (Å²) in [6.45, 7) is 5.09. The van der Waals surface area contributed by atoms with Crippen LogP contribution in [-0.2, 0) is 17.5 Å². The van der Waals surface area contributed by atoms with Gasteiger partial charge in [0.25, 0.3) is 0 Å². The van der Waals surface area contributed by atoms with Crippen LogP contribution < -0.4 is 4.74 Å². The van der Waals surface area contributed by atoms with Crippen LogP contribution in [0.1, 0.15) is 41.0 Å². The van der Waals surface area contributed by atoms with Crippen LogP contribution in [0.15, 0.2) is 66.9 Å². The van der Waals surface area contributed by atoms with Crippen molar-refractivity contribution in [3.8, 4) is 17.0 Å². The molecule has 4 rings (SSSR count). The number of alkyl halides is 3. The summed E-state index contributed by atoms with van der Waals surface area (Å²) in [5, 5.41) is 0.218. The van der Waals surface area contributed by atoms with Crippen molar-refractivity contribution in [1.82, 2.24) is 9.97 Å². The molecular weight excluding hydrogens is 457 g/mol. The fourth-order valence-electron chi connectivity index (χ4n) is 3.88. The molecule has 0 atom stereocenters. The lowest BCUT2D eigenvalue weighted by Gasteiger charge is -2.20. The number of nitrogens with zero attached hydrogens (tertiary/aromatic N) is 2. The van der Waals surface area contributed by atoms with Crippen LogP contribution in [0.2, 0.25) is 0 Å². The second-order valence-corrected chi connectivity index (χ2v) is 8.23. The van der Waals surface area contributed by atoms with Crippen molar-refractivity contribution in [2.24, 2.45) is 0 Å². The van der Waals surface area contributed by atoms with Crippen molar-refractivity contribution < 1.29 is 27.4 Å². The number of benzene rings is 2. The van der Waals surface area contributed by atoms with E-state index in [0.717, 1.165) is 11.6 Å². The molecule has 2 aromatic carbocycles. The molecule has 0 saturated carbocycles. The number of ether oxygens (including phenoxy) is 2. The third kappa shape index (κ3) is 5.11. The normalized spacial score (nSPS) is 11.6. The quantitative estimate of drug-likeness (QED) is 0.285. The number of carbonyl (C=O) groups is 1. The Morgan fingerprint density at radius 2 is 1.69 bits per heavy atom. The zero-order valence-electron chi connectivity index (χ0n) is 19.4. The van der Waals surface area contributed by atoms with Crippen LogP contribution in [0.25, 0.3) is 22.0 Å². The molecule has 180 valence electrons. The lowest BCUT2D eigenvalue weighted by Crippen LogP contribution is -2.15. The van der Waals surface area contributed by atoms with Gasteiger partial charge in [0.1, 0.15) is 6.61 Å². The molecule has 0 fully saturated rings. The fourth-order valence-corrected chi connectivity index (χ4v) is 3.88. The maximum atomic E-state index is 14.1. The molecule has 8 heteroatoms. The molecule has 0 radical (unpaired) electrons.